The SMILES string of the molecule is CC(=O)Nc1cc[n+](CC(=O)c2cc3cc(Br)cc(Br)c3oc2=O)cc1. The highest BCUT2D eigenvalue weighted by Crippen LogP contribution is 2.28. The molecular weight excluding hydrogens is 468 g/mol. The zero-order valence-corrected chi connectivity index (χ0v) is 16.8. The minimum Gasteiger partial charge on any atom is -0.421 e. The van der Waals surface area contributed by atoms with Gasteiger partial charge in [0, 0.05) is 28.9 Å². The molecule has 0 unspecified atom stereocenters. The number of aromatic nitrogens is 1. The van der Waals surface area contributed by atoms with E-state index in [9.17, 15) is 14.4 Å². The zero-order valence-electron chi connectivity index (χ0n) is 13.6. The van der Waals surface area contributed by atoms with Crippen molar-refractivity contribution in [1.29, 1.82) is 0 Å². The Labute approximate surface area is 165 Å². The number of anilines is 1. The van der Waals surface area contributed by atoms with Crippen LogP contribution in [0.5, 0.6) is 0 Å². The second-order valence-electron chi connectivity index (χ2n) is 5.62. The molecule has 1 N–H and O–H groups in total. The Morgan fingerprint density at radius 2 is 1.85 bits per heavy atom. The van der Waals surface area contributed by atoms with Gasteiger partial charge in [0.05, 0.1) is 10.2 Å². The maximum atomic E-state index is 12.5. The van der Waals surface area contributed by atoms with Crippen molar-refractivity contribution in [2.75, 3.05) is 5.32 Å². The Morgan fingerprint density at radius 3 is 2.50 bits per heavy atom. The van der Waals surface area contributed by atoms with Crippen molar-refractivity contribution in [3.05, 3.63) is 67.7 Å². The van der Waals surface area contributed by atoms with Gasteiger partial charge in [0.1, 0.15) is 5.56 Å². The Hall–Kier alpha value is -2.32. The number of nitrogens with one attached hydrogen (secondary N) is 1. The molecule has 6 nitrogen and oxygen atoms in total. The number of carbonyl (C=O) groups is 2. The van der Waals surface area contributed by atoms with Gasteiger partial charge >= 0.3 is 5.63 Å². The summed E-state index contributed by atoms with van der Waals surface area (Å²) in [6.07, 6.45) is 3.30. The van der Waals surface area contributed by atoms with Gasteiger partial charge in [0.25, 0.3) is 0 Å². The van der Waals surface area contributed by atoms with Gasteiger partial charge in [0.15, 0.2) is 18.0 Å². The lowest BCUT2D eigenvalue weighted by Crippen LogP contribution is -2.38. The molecule has 3 rings (SSSR count). The minimum atomic E-state index is -0.680. The van der Waals surface area contributed by atoms with Gasteiger partial charge in [-0.1, -0.05) is 15.9 Å². The third-order valence-electron chi connectivity index (χ3n) is 3.59. The van der Waals surface area contributed by atoms with Gasteiger partial charge in [-0.2, -0.15) is 4.57 Å². The normalized spacial score (nSPS) is 10.7. The van der Waals surface area contributed by atoms with Crippen LogP contribution in [0, 0.1) is 0 Å². The van der Waals surface area contributed by atoms with Crippen LogP contribution in [-0.2, 0) is 11.3 Å². The molecular formula is C18H13Br2N2O4+. The van der Waals surface area contributed by atoms with Gasteiger partial charge in [-0.25, -0.2) is 4.79 Å². The van der Waals surface area contributed by atoms with Crippen molar-refractivity contribution < 1.29 is 18.6 Å². The molecule has 8 heteroatoms. The molecule has 0 atom stereocenters. The number of Topliss-reactive ketones (excluding diaryl/α,β-unsaturated/α-hetero) is 1. The summed E-state index contributed by atoms with van der Waals surface area (Å²) in [5.41, 5.74) is 0.324. The lowest BCUT2D eigenvalue weighted by Gasteiger charge is -2.04. The number of rotatable bonds is 4. The van der Waals surface area contributed by atoms with E-state index >= 15 is 0 Å². The van der Waals surface area contributed by atoms with Crippen LogP contribution in [0.1, 0.15) is 17.3 Å². The smallest absolute Gasteiger partial charge is 0.347 e. The molecule has 0 radical (unpaired) electrons. The largest absolute Gasteiger partial charge is 0.421 e. The lowest BCUT2D eigenvalue weighted by molar-refractivity contribution is -0.683. The highest BCUT2D eigenvalue weighted by molar-refractivity contribution is 9.11. The molecule has 26 heavy (non-hydrogen) atoms. The summed E-state index contributed by atoms with van der Waals surface area (Å²) in [6.45, 7) is 1.39. The predicted molar refractivity (Wildman–Crippen MR) is 103 cm³/mol. The number of ketones is 1. The Morgan fingerprint density at radius 1 is 1.15 bits per heavy atom. The van der Waals surface area contributed by atoms with Crippen LogP contribution in [0.15, 0.2) is 60.9 Å². The van der Waals surface area contributed by atoms with E-state index in [1.54, 1.807) is 41.2 Å². The second-order valence-corrected chi connectivity index (χ2v) is 7.39. The molecule has 0 bridgehead atoms. The summed E-state index contributed by atoms with van der Waals surface area (Å²) in [5.74, 6) is -0.543. The molecule has 2 aromatic heterocycles. The summed E-state index contributed by atoms with van der Waals surface area (Å²) < 4.78 is 8.34. The number of nitrogens with zero attached hydrogens (tertiary/aromatic N) is 1. The number of amides is 1. The summed E-state index contributed by atoms with van der Waals surface area (Å²) in [4.78, 5) is 35.8. The van der Waals surface area contributed by atoms with Crippen molar-refractivity contribution in [3.8, 4) is 0 Å². The average Bonchev–Trinajstić information content (AvgIpc) is 2.56. The first-order valence-corrected chi connectivity index (χ1v) is 9.15. The maximum Gasteiger partial charge on any atom is 0.347 e. The van der Waals surface area contributed by atoms with Crippen LogP contribution in [-0.4, -0.2) is 11.7 Å². The number of pyridine rings is 1. The number of hydrogen-bond donors (Lipinski definition) is 1. The molecule has 0 spiro atoms. The van der Waals surface area contributed by atoms with Crippen LogP contribution < -0.4 is 15.5 Å². The van der Waals surface area contributed by atoms with Gasteiger partial charge < -0.3 is 9.73 Å². The fourth-order valence-electron chi connectivity index (χ4n) is 2.45. The Balaban J connectivity index is 1.89. The molecule has 132 valence electrons. The molecule has 0 saturated heterocycles. The fraction of sp³-hybridized carbons (Fsp3) is 0.111. The van der Waals surface area contributed by atoms with Crippen LogP contribution in [0.25, 0.3) is 11.0 Å². The Kier molecular flexibility index (Phi) is 5.33. The number of hydrogen-bond acceptors (Lipinski definition) is 4. The zero-order chi connectivity index (χ0) is 18.8. The van der Waals surface area contributed by atoms with Crippen molar-refractivity contribution in [2.24, 2.45) is 0 Å². The van der Waals surface area contributed by atoms with Crippen LogP contribution in [0.4, 0.5) is 5.69 Å². The summed E-state index contributed by atoms with van der Waals surface area (Å²) in [6, 6.07) is 8.41. The van der Waals surface area contributed by atoms with E-state index in [1.165, 1.54) is 13.0 Å². The van der Waals surface area contributed by atoms with E-state index < -0.39 is 5.63 Å². The summed E-state index contributed by atoms with van der Waals surface area (Å²) in [7, 11) is 0. The molecule has 0 aliphatic rings. The van der Waals surface area contributed by atoms with Gasteiger partial charge in [-0.05, 0) is 34.1 Å². The number of carbonyl (C=O) groups excluding carboxylic acids is 2. The fourth-order valence-corrected chi connectivity index (χ4v) is 3.79. The van der Waals surface area contributed by atoms with Crippen LogP contribution >= 0.6 is 31.9 Å². The van der Waals surface area contributed by atoms with Crippen molar-refractivity contribution in [2.45, 2.75) is 13.5 Å². The predicted octanol–water partition coefficient (Wildman–Crippen LogP) is 3.45. The minimum absolute atomic E-state index is 0.0130. The van der Waals surface area contributed by atoms with E-state index in [-0.39, 0.29) is 23.8 Å². The summed E-state index contributed by atoms with van der Waals surface area (Å²) >= 11 is 6.71. The maximum absolute atomic E-state index is 12.5. The third-order valence-corrected chi connectivity index (χ3v) is 4.64. The second kappa shape index (κ2) is 7.51. The lowest BCUT2D eigenvalue weighted by atomic mass is 10.1. The highest BCUT2D eigenvalue weighted by Gasteiger charge is 2.19. The van der Waals surface area contributed by atoms with E-state index in [0.29, 0.717) is 21.1 Å². The molecule has 2 heterocycles. The summed E-state index contributed by atoms with van der Waals surface area (Å²) in [5, 5.41) is 3.28. The monoisotopic (exact) mass is 479 g/mol. The van der Waals surface area contributed by atoms with Crippen molar-refractivity contribution in [3.63, 3.8) is 0 Å². The first-order valence-electron chi connectivity index (χ1n) is 7.56. The van der Waals surface area contributed by atoms with E-state index in [4.69, 9.17) is 4.42 Å². The van der Waals surface area contributed by atoms with Crippen LogP contribution in [0.3, 0.4) is 0 Å². The van der Waals surface area contributed by atoms with E-state index in [0.717, 1.165) is 4.47 Å². The molecule has 0 aliphatic carbocycles. The van der Waals surface area contributed by atoms with Crippen LogP contribution in [0.2, 0.25) is 0 Å². The highest BCUT2D eigenvalue weighted by atomic mass is 79.9. The first-order chi connectivity index (χ1) is 12.3. The molecule has 0 saturated carbocycles. The first kappa shape index (κ1) is 18.5. The third kappa shape index (κ3) is 4.08. The van der Waals surface area contributed by atoms with E-state index in [2.05, 4.69) is 37.2 Å². The molecule has 1 amide bonds. The molecule has 1 aromatic carbocycles. The van der Waals surface area contributed by atoms with Gasteiger partial charge in [0.2, 0.25) is 18.2 Å². The average molecular weight is 481 g/mol. The number of benzene rings is 1. The molecule has 0 fully saturated rings. The van der Waals surface area contributed by atoms with E-state index in [1.807, 2.05) is 0 Å². The number of fused-ring (bicyclic) bond motifs is 1. The van der Waals surface area contributed by atoms with Gasteiger partial charge in [-0.3, -0.25) is 9.59 Å². The molecule has 0 aliphatic heterocycles. The quantitative estimate of drug-likeness (QED) is 0.352. The van der Waals surface area contributed by atoms with Crippen molar-refractivity contribution >= 4 is 60.2 Å². The Bertz CT molecular complexity index is 1070. The number of halogens is 2. The standard InChI is InChI=1S/C18H12Br2N2O4/c1-10(23)21-13-2-4-22(5-3-13)9-16(24)14-7-11-6-12(19)8-15(20)17(11)26-18(14)25/h2-8H,9H2,1H3/p+1. The van der Waals surface area contributed by atoms with Crippen molar-refractivity contribution in [1.82, 2.24) is 0 Å². The topological polar surface area (TPSA) is 80.3 Å². The van der Waals surface area contributed by atoms with Gasteiger partial charge in [-0.15, -0.1) is 0 Å². The molecule has 3 aromatic rings.